The molecule has 138 valence electrons. The van der Waals surface area contributed by atoms with Gasteiger partial charge in [0.25, 0.3) is 0 Å². The van der Waals surface area contributed by atoms with Crippen LogP contribution in [0.25, 0.3) is 0 Å². The highest BCUT2D eigenvalue weighted by molar-refractivity contribution is 9.11. The Bertz CT molecular complexity index is 791. The molecule has 1 aromatic rings. The van der Waals surface area contributed by atoms with Crippen LogP contribution in [0.1, 0.15) is 41.5 Å². The van der Waals surface area contributed by atoms with Gasteiger partial charge in [0, 0.05) is 20.1 Å². The molecular weight excluding hydrogens is 456 g/mol. The number of ketones is 1. The van der Waals surface area contributed by atoms with Crippen molar-refractivity contribution in [2.75, 3.05) is 0 Å². The Morgan fingerprint density at radius 1 is 0.846 bits per heavy atom. The fourth-order valence-electron chi connectivity index (χ4n) is 2.60. The summed E-state index contributed by atoms with van der Waals surface area (Å²) in [7, 11) is 0. The van der Waals surface area contributed by atoms with Crippen LogP contribution in [-0.4, -0.2) is 5.78 Å². The minimum atomic E-state index is -0.229. The lowest BCUT2D eigenvalue weighted by molar-refractivity contribution is -0.114. The van der Waals surface area contributed by atoms with Crippen LogP contribution in [0.5, 0.6) is 0 Å². The summed E-state index contributed by atoms with van der Waals surface area (Å²) in [6.45, 7) is 12.3. The first-order chi connectivity index (χ1) is 11.9. The number of hydrogen-bond donors (Lipinski definition) is 0. The van der Waals surface area contributed by atoms with Gasteiger partial charge < -0.3 is 0 Å². The molecule has 0 fully saturated rings. The molecule has 1 aromatic carbocycles. The summed E-state index contributed by atoms with van der Waals surface area (Å²) in [5, 5.41) is 8.49. The summed E-state index contributed by atoms with van der Waals surface area (Å²) in [5.74, 6) is 0.120. The van der Waals surface area contributed by atoms with E-state index in [-0.39, 0.29) is 16.6 Å². The zero-order valence-electron chi connectivity index (χ0n) is 16.0. The molecular formula is C21H24Br2N2O. The molecule has 0 aliphatic heterocycles. The van der Waals surface area contributed by atoms with Crippen molar-refractivity contribution in [1.82, 2.24) is 0 Å². The van der Waals surface area contributed by atoms with Crippen LogP contribution in [0.3, 0.4) is 0 Å². The molecule has 3 nitrogen and oxygen atoms in total. The normalized spacial score (nSPS) is 16.0. The minimum absolute atomic E-state index is 0.120. The zero-order chi connectivity index (χ0) is 19.7. The van der Waals surface area contributed by atoms with E-state index in [1.54, 1.807) is 6.20 Å². The standard InChI is InChI=1S/C21H24Br2N2O/c1-20(2,3)17-7-13(8-18(19(17)26)21(4,5)6)12-24-25-16-10-14(22)9-15(23)11-16/h7-12H,1-6H3. The van der Waals surface area contributed by atoms with Crippen LogP contribution < -0.4 is 0 Å². The molecule has 0 N–H and O–H groups in total. The summed E-state index contributed by atoms with van der Waals surface area (Å²) < 4.78 is 1.86. The molecule has 5 heteroatoms. The van der Waals surface area contributed by atoms with E-state index >= 15 is 0 Å². The number of carbonyl (C=O) groups is 1. The predicted molar refractivity (Wildman–Crippen MR) is 115 cm³/mol. The van der Waals surface area contributed by atoms with Crippen LogP contribution in [0.15, 0.2) is 72.4 Å². The van der Waals surface area contributed by atoms with Crippen LogP contribution in [0.2, 0.25) is 0 Å². The van der Waals surface area contributed by atoms with E-state index in [2.05, 4.69) is 83.6 Å². The lowest BCUT2D eigenvalue weighted by atomic mass is 9.72. The van der Waals surface area contributed by atoms with Gasteiger partial charge in [-0.1, -0.05) is 73.4 Å². The molecule has 1 aliphatic carbocycles. The average Bonchev–Trinajstić information content (AvgIpc) is 2.45. The molecule has 0 unspecified atom stereocenters. The molecule has 0 saturated heterocycles. The van der Waals surface area contributed by atoms with E-state index in [0.29, 0.717) is 0 Å². The van der Waals surface area contributed by atoms with Gasteiger partial charge in [0.05, 0.1) is 11.9 Å². The Labute approximate surface area is 172 Å². The van der Waals surface area contributed by atoms with Crippen molar-refractivity contribution in [3.63, 3.8) is 0 Å². The third-order valence-electron chi connectivity index (χ3n) is 3.95. The zero-order valence-corrected chi connectivity index (χ0v) is 19.2. The molecule has 0 aromatic heterocycles. The number of azo groups is 1. The van der Waals surface area contributed by atoms with Crippen molar-refractivity contribution in [2.24, 2.45) is 21.1 Å². The molecule has 0 heterocycles. The second-order valence-electron chi connectivity index (χ2n) is 8.42. The Morgan fingerprint density at radius 2 is 1.31 bits per heavy atom. The van der Waals surface area contributed by atoms with Gasteiger partial charge in [-0.15, -0.1) is 0 Å². The van der Waals surface area contributed by atoms with Crippen molar-refractivity contribution >= 4 is 43.3 Å². The lowest BCUT2D eigenvalue weighted by Crippen LogP contribution is -2.27. The van der Waals surface area contributed by atoms with Crippen LogP contribution in [0, 0.1) is 10.8 Å². The quantitative estimate of drug-likeness (QED) is 0.400. The lowest BCUT2D eigenvalue weighted by Gasteiger charge is -2.31. The van der Waals surface area contributed by atoms with Gasteiger partial charge in [-0.05, 0) is 46.8 Å². The number of halogens is 2. The first-order valence-corrected chi connectivity index (χ1v) is 10.0. The summed E-state index contributed by atoms with van der Waals surface area (Å²) in [4.78, 5) is 12.9. The number of Topliss-reactive ketones (excluding diaryl/α,β-unsaturated/α-hetero) is 1. The maximum Gasteiger partial charge on any atom is 0.186 e. The first kappa shape index (κ1) is 21.0. The van der Waals surface area contributed by atoms with Gasteiger partial charge in [-0.2, -0.15) is 10.2 Å². The van der Waals surface area contributed by atoms with Gasteiger partial charge >= 0.3 is 0 Å². The van der Waals surface area contributed by atoms with Crippen molar-refractivity contribution in [3.8, 4) is 0 Å². The number of hydrogen-bond acceptors (Lipinski definition) is 3. The minimum Gasteiger partial charge on any atom is -0.289 e. The number of carbonyl (C=O) groups excluding carboxylic acids is 1. The second-order valence-corrected chi connectivity index (χ2v) is 10.2. The molecule has 2 rings (SSSR count). The fraction of sp³-hybridized carbons (Fsp3) is 0.381. The van der Waals surface area contributed by atoms with Crippen molar-refractivity contribution in [3.05, 3.63) is 62.2 Å². The molecule has 1 aliphatic rings. The summed E-state index contributed by atoms with van der Waals surface area (Å²) in [5.41, 5.74) is 2.78. The van der Waals surface area contributed by atoms with Crippen LogP contribution in [-0.2, 0) is 4.79 Å². The van der Waals surface area contributed by atoms with E-state index in [4.69, 9.17) is 0 Å². The van der Waals surface area contributed by atoms with Gasteiger partial charge in [0.15, 0.2) is 5.78 Å². The van der Waals surface area contributed by atoms with E-state index < -0.39 is 0 Å². The number of rotatable bonds is 2. The number of allylic oxidation sites excluding steroid dienone is 5. The summed E-state index contributed by atoms with van der Waals surface area (Å²) in [6, 6.07) is 5.73. The highest BCUT2D eigenvalue weighted by atomic mass is 79.9. The fourth-order valence-corrected chi connectivity index (χ4v) is 3.87. The van der Waals surface area contributed by atoms with Gasteiger partial charge in [-0.3, -0.25) is 4.79 Å². The maximum atomic E-state index is 12.9. The maximum absolute atomic E-state index is 12.9. The highest BCUT2D eigenvalue weighted by Gasteiger charge is 2.33. The van der Waals surface area contributed by atoms with Crippen molar-refractivity contribution in [2.45, 2.75) is 41.5 Å². The Kier molecular flexibility index (Phi) is 6.24. The smallest absolute Gasteiger partial charge is 0.186 e. The number of benzene rings is 1. The number of nitrogens with zero attached hydrogens (tertiary/aromatic N) is 2. The van der Waals surface area contributed by atoms with E-state index in [9.17, 15) is 4.79 Å². The Morgan fingerprint density at radius 3 is 1.73 bits per heavy atom. The SMILES string of the molecule is CC(C)(C)C1=CC(=CN=Nc2cc(Br)cc(Br)c2)C=C(C(C)(C)C)C1=O. The second kappa shape index (κ2) is 7.73. The van der Waals surface area contributed by atoms with Crippen molar-refractivity contribution < 1.29 is 4.79 Å². The van der Waals surface area contributed by atoms with E-state index in [0.717, 1.165) is 31.4 Å². The van der Waals surface area contributed by atoms with Gasteiger partial charge in [-0.25, -0.2) is 0 Å². The van der Waals surface area contributed by atoms with Crippen molar-refractivity contribution in [1.29, 1.82) is 0 Å². The predicted octanol–water partition coefficient (Wildman–Crippen LogP) is 7.71. The molecule has 0 amide bonds. The highest BCUT2D eigenvalue weighted by Crippen LogP contribution is 2.38. The van der Waals surface area contributed by atoms with Crippen LogP contribution in [0.4, 0.5) is 5.69 Å². The summed E-state index contributed by atoms with van der Waals surface area (Å²) in [6.07, 6.45) is 5.56. The molecule has 0 spiro atoms. The largest absolute Gasteiger partial charge is 0.289 e. The Hall–Kier alpha value is -1.33. The molecule has 0 bridgehead atoms. The third-order valence-corrected chi connectivity index (χ3v) is 4.87. The first-order valence-electron chi connectivity index (χ1n) is 8.44. The molecule has 0 radical (unpaired) electrons. The van der Waals surface area contributed by atoms with E-state index in [1.165, 1.54) is 0 Å². The van der Waals surface area contributed by atoms with Gasteiger partial charge in [0.2, 0.25) is 0 Å². The monoisotopic (exact) mass is 478 g/mol. The van der Waals surface area contributed by atoms with Gasteiger partial charge in [0.1, 0.15) is 0 Å². The third kappa shape index (κ3) is 5.34. The Balaban J connectivity index is 2.42. The molecule has 0 saturated carbocycles. The van der Waals surface area contributed by atoms with Crippen LogP contribution >= 0.6 is 31.9 Å². The topological polar surface area (TPSA) is 41.8 Å². The molecule has 0 atom stereocenters. The summed E-state index contributed by atoms with van der Waals surface area (Å²) >= 11 is 6.89. The average molecular weight is 480 g/mol. The van der Waals surface area contributed by atoms with E-state index in [1.807, 2.05) is 30.4 Å². The molecule has 26 heavy (non-hydrogen) atoms.